The van der Waals surface area contributed by atoms with Gasteiger partial charge in [0.15, 0.2) is 0 Å². The van der Waals surface area contributed by atoms with E-state index in [9.17, 15) is 5.11 Å². The molecule has 2 aromatic carbocycles. The summed E-state index contributed by atoms with van der Waals surface area (Å²) in [5, 5.41) is 9.89. The lowest BCUT2D eigenvalue weighted by molar-refractivity contribution is 0.148. The van der Waals surface area contributed by atoms with E-state index in [4.69, 9.17) is 16.3 Å². The van der Waals surface area contributed by atoms with Gasteiger partial charge < -0.3 is 9.84 Å². The number of rotatable bonds is 2. The first kappa shape index (κ1) is 17.4. The quantitative estimate of drug-likeness (QED) is 0.669. The van der Waals surface area contributed by atoms with Crippen LogP contribution in [0.3, 0.4) is 0 Å². The van der Waals surface area contributed by atoms with Crippen LogP contribution in [0.5, 0.6) is 5.75 Å². The molecule has 132 valence electrons. The lowest BCUT2D eigenvalue weighted by Gasteiger charge is -2.19. The zero-order chi connectivity index (χ0) is 18.6. The third-order valence-electron chi connectivity index (χ3n) is 4.23. The van der Waals surface area contributed by atoms with Crippen molar-refractivity contribution in [3.8, 4) is 28.7 Å². The van der Waals surface area contributed by atoms with E-state index in [1.807, 2.05) is 72.9 Å². The van der Waals surface area contributed by atoms with Crippen molar-refractivity contribution >= 4 is 17.7 Å². The van der Waals surface area contributed by atoms with Gasteiger partial charge >= 0.3 is 0 Å². The summed E-state index contributed by atoms with van der Waals surface area (Å²) >= 11 is 5.93. The lowest BCUT2D eigenvalue weighted by atomic mass is 10.1. The van der Waals surface area contributed by atoms with Crippen molar-refractivity contribution in [2.45, 2.75) is 6.10 Å². The van der Waals surface area contributed by atoms with Crippen LogP contribution in [0.2, 0.25) is 5.02 Å². The number of aliphatic hydroxyl groups excluding tert-OH is 1. The Morgan fingerprint density at radius 1 is 1.00 bits per heavy atom. The molecule has 0 bridgehead atoms. The first-order valence-corrected chi connectivity index (χ1v) is 8.93. The molecular formula is C23H16ClNO2. The van der Waals surface area contributed by atoms with E-state index in [1.54, 1.807) is 0 Å². The van der Waals surface area contributed by atoms with Crippen LogP contribution in [-0.2, 0) is 0 Å². The maximum absolute atomic E-state index is 9.17. The Labute approximate surface area is 162 Å². The molecule has 1 N–H and O–H groups in total. The second-order valence-corrected chi connectivity index (χ2v) is 6.58. The van der Waals surface area contributed by atoms with Gasteiger partial charge in [-0.25, -0.2) is 4.98 Å². The Morgan fingerprint density at radius 2 is 1.81 bits per heavy atom. The number of aliphatic hydroxyl groups is 1. The number of hydrogen-bond acceptors (Lipinski definition) is 3. The van der Waals surface area contributed by atoms with Gasteiger partial charge in [-0.3, -0.25) is 0 Å². The summed E-state index contributed by atoms with van der Waals surface area (Å²) in [6, 6.07) is 17.3. The smallest absolute Gasteiger partial charge is 0.140 e. The van der Waals surface area contributed by atoms with Crippen molar-refractivity contribution in [3.63, 3.8) is 0 Å². The van der Waals surface area contributed by atoms with E-state index in [0.717, 1.165) is 28.0 Å². The average Bonchev–Trinajstić information content (AvgIpc) is 2.72. The molecule has 4 heteroatoms. The second kappa shape index (κ2) is 7.67. The third-order valence-corrected chi connectivity index (χ3v) is 4.49. The van der Waals surface area contributed by atoms with Crippen LogP contribution in [-0.4, -0.2) is 22.8 Å². The fourth-order valence-corrected chi connectivity index (χ4v) is 2.92. The highest BCUT2D eigenvalue weighted by Gasteiger charge is 2.13. The molecule has 1 atom stereocenters. The molecule has 0 spiro atoms. The molecule has 27 heavy (non-hydrogen) atoms. The fraction of sp³-hybridized carbons (Fsp3) is 0.0870. The molecule has 1 aromatic heterocycles. The average molecular weight is 374 g/mol. The van der Waals surface area contributed by atoms with E-state index in [-0.39, 0.29) is 12.7 Å². The van der Waals surface area contributed by atoms with Crippen molar-refractivity contribution in [2.24, 2.45) is 0 Å². The molecule has 1 aliphatic heterocycles. The number of aromatic nitrogens is 1. The van der Waals surface area contributed by atoms with Crippen LogP contribution in [0.25, 0.3) is 17.2 Å². The van der Waals surface area contributed by atoms with Crippen molar-refractivity contribution in [1.82, 2.24) is 4.98 Å². The van der Waals surface area contributed by atoms with E-state index >= 15 is 0 Å². The third kappa shape index (κ3) is 4.03. The van der Waals surface area contributed by atoms with E-state index < -0.39 is 0 Å². The molecule has 1 unspecified atom stereocenters. The van der Waals surface area contributed by atoms with Gasteiger partial charge in [0, 0.05) is 27.9 Å². The fourth-order valence-electron chi connectivity index (χ4n) is 2.79. The summed E-state index contributed by atoms with van der Waals surface area (Å²) in [4.78, 5) is 4.43. The Morgan fingerprint density at radius 3 is 2.56 bits per heavy atom. The predicted molar refractivity (Wildman–Crippen MR) is 108 cm³/mol. The standard InChI is InChI=1S/C23H16ClNO2/c24-20-7-3-17(4-8-20)19-5-10-21(25-14-19)9-1-16-2-12-23-18(13-16)6-11-22(15-26)27-23/h2-8,10-14,22,26H,15H2. The van der Waals surface area contributed by atoms with Crippen molar-refractivity contribution < 1.29 is 9.84 Å². The number of hydrogen-bond donors (Lipinski definition) is 1. The zero-order valence-electron chi connectivity index (χ0n) is 14.4. The first-order chi connectivity index (χ1) is 13.2. The summed E-state index contributed by atoms with van der Waals surface area (Å²) in [5.74, 6) is 6.98. The number of nitrogens with zero attached hydrogens (tertiary/aromatic N) is 1. The van der Waals surface area contributed by atoms with Crippen LogP contribution in [0.15, 0.2) is 66.9 Å². The SMILES string of the molecule is OCC1C=Cc2cc(C#Cc3ccc(-c4ccc(Cl)cc4)cn3)ccc2O1. The molecule has 1 aliphatic rings. The van der Waals surface area contributed by atoms with Gasteiger partial charge in [-0.1, -0.05) is 41.8 Å². The van der Waals surface area contributed by atoms with Crippen molar-refractivity contribution in [2.75, 3.05) is 6.61 Å². The molecule has 4 rings (SSSR count). The summed E-state index contributed by atoms with van der Waals surface area (Å²) < 4.78 is 5.66. The topological polar surface area (TPSA) is 42.4 Å². The van der Waals surface area contributed by atoms with Gasteiger partial charge in [0.1, 0.15) is 17.5 Å². The van der Waals surface area contributed by atoms with E-state index in [0.29, 0.717) is 10.7 Å². The minimum Gasteiger partial charge on any atom is -0.483 e. The first-order valence-electron chi connectivity index (χ1n) is 8.55. The molecular weight excluding hydrogens is 358 g/mol. The summed E-state index contributed by atoms with van der Waals surface area (Å²) in [6.07, 6.45) is 5.32. The second-order valence-electron chi connectivity index (χ2n) is 6.14. The van der Waals surface area contributed by atoms with Crippen LogP contribution in [0.1, 0.15) is 16.8 Å². The Balaban J connectivity index is 1.52. The lowest BCUT2D eigenvalue weighted by Crippen LogP contribution is -2.20. The number of pyridine rings is 1. The monoisotopic (exact) mass is 373 g/mol. The van der Waals surface area contributed by atoms with Crippen molar-refractivity contribution in [3.05, 3.63) is 88.7 Å². The van der Waals surface area contributed by atoms with E-state index in [2.05, 4.69) is 16.8 Å². The highest BCUT2D eigenvalue weighted by molar-refractivity contribution is 6.30. The molecule has 0 amide bonds. The Hall–Kier alpha value is -3.06. The summed E-state index contributed by atoms with van der Waals surface area (Å²) in [7, 11) is 0. The highest BCUT2D eigenvalue weighted by atomic mass is 35.5. The molecule has 0 saturated heterocycles. The minimum absolute atomic E-state index is 0.0326. The molecule has 0 fully saturated rings. The van der Waals surface area contributed by atoms with Crippen molar-refractivity contribution in [1.29, 1.82) is 0 Å². The summed E-state index contributed by atoms with van der Waals surface area (Å²) in [6.45, 7) is -0.0326. The maximum atomic E-state index is 9.17. The van der Waals surface area contributed by atoms with Gasteiger partial charge in [-0.15, -0.1) is 0 Å². The highest BCUT2D eigenvalue weighted by Crippen LogP contribution is 2.26. The molecule has 0 radical (unpaired) electrons. The van der Waals surface area contributed by atoms with Gasteiger partial charge in [0.2, 0.25) is 0 Å². The largest absolute Gasteiger partial charge is 0.483 e. The predicted octanol–water partition coefficient (Wildman–Crippen LogP) is 4.57. The summed E-state index contributed by atoms with van der Waals surface area (Å²) in [5.41, 5.74) is 4.63. The van der Waals surface area contributed by atoms with Crippen LogP contribution >= 0.6 is 11.6 Å². The maximum Gasteiger partial charge on any atom is 0.140 e. The Bertz CT molecular complexity index is 1040. The number of ether oxygens (including phenoxy) is 1. The van der Waals surface area contributed by atoms with Gasteiger partial charge in [-0.2, -0.15) is 0 Å². The molecule has 2 heterocycles. The molecule has 0 saturated carbocycles. The molecule has 0 aliphatic carbocycles. The van der Waals surface area contributed by atoms with Crippen LogP contribution in [0, 0.1) is 11.8 Å². The zero-order valence-corrected chi connectivity index (χ0v) is 15.1. The van der Waals surface area contributed by atoms with Gasteiger partial charge in [0.05, 0.1) is 6.61 Å². The normalized spacial score (nSPS) is 14.7. The minimum atomic E-state index is -0.280. The number of halogens is 1. The van der Waals surface area contributed by atoms with Gasteiger partial charge in [0.25, 0.3) is 0 Å². The van der Waals surface area contributed by atoms with E-state index in [1.165, 1.54) is 0 Å². The molecule has 3 nitrogen and oxygen atoms in total. The van der Waals surface area contributed by atoms with Crippen LogP contribution < -0.4 is 4.74 Å². The number of benzene rings is 2. The molecule has 3 aromatic rings. The van der Waals surface area contributed by atoms with Crippen LogP contribution in [0.4, 0.5) is 0 Å². The Kier molecular flexibility index (Phi) is 4.93. The van der Waals surface area contributed by atoms with Gasteiger partial charge in [-0.05, 0) is 54.0 Å². The number of fused-ring (bicyclic) bond motifs is 1.